The van der Waals surface area contributed by atoms with Crippen molar-refractivity contribution in [3.8, 4) is 5.75 Å². The van der Waals surface area contributed by atoms with Gasteiger partial charge >= 0.3 is 5.63 Å². The van der Waals surface area contributed by atoms with Crippen molar-refractivity contribution in [2.45, 2.75) is 13.0 Å². The lowest BCUT2D eigenvalue weighted by Gasteiger charge is -2.25. The molecule has 4 aromatic rings. The fourth-order valence-electron chi connectivity index (χ4n) is 3.68. The zero-order valence-corrected chi connectivity index (χ0v) is 18.3. The Morgan fingerprint density at radius 2 is 2.09 bits per heavy atom. The third kappa shape index (κ3) is 3.96. The summed E-state index contributed by atoms with van der Waals surface area (Å²) < 4.78 is 10.6. The van der Waals surface area contributed by atoms with Crippen molar-refractivity contribution in [1.29, 1.82) is 0 Å². The van der Waals surface area contributed by atoms with Crippen LogP contribution in [0.2, 0.25) is 0 Å². The number of benzene rings is 1. The van der Waals surface area contributed by atoms with E-state index in [1.54, 1.807) is 47.5 Å². The van der Waals surface area contributed by atoms with Crippen molar-refractivity contribution >= 4 is 39.3 Å². The molecule has 1 aliphatic rings. The van der Waals surface area contributed by atoms with Crippen molar-refractivity contribution in [3.05, 3.63) is 80.9 Å². The van der Waals surface area contributed by atoms with E-state index in [2.05, 4.69) is 15.3 Å². The number of methoxy groups -OCH3 is 1. The quantitative estimate of drug-likeness (QED) is 0.464. The number of para-hydroxylation sites is 1. The SMILES string of the molecule is COc1cccc2cc(C(=O)N3CCc4nc(NC(=O)c5ccccn5)sc4C3)c(=O)oc12. The Hall–Kier alpha value is -4.05. The summed E-state index contributed by atoms with van der Waals surface area (Å²) in [5, 5.41) is 3.81. The third-order valence-electron chi connectivity index (χ3n) is 5.31. The van der Waals surface area contributed by atoms with Crippen LogP contribution in [0.15, 0.2) is 57.9 Å². The van der Waals surface area contributed by atoms with Gasteiger partial charge in [0, 0.05) is 29.4 Å². The lowest BCUT2D eigenvalue weighted by molar-refractivity contribution is 0.0732. The fraction of sp³-hybridized carbons (Fsp3) is 0.174. The van der Waals surface area contributed by atoms with Gasteiger partial charge in [-0.3, -0.25) is 19.9 Å². The molecule has 0 saturated carbocycles. The molecule has 0 bridgehead atoms. The number of thiazole rings is 1. The number of carbonyl (C=O) groups is 2. The highest BCUT2D eigenvalue weighted by Crippen LogP contribution is 2.30. The van der Waals surface area contributed by atoms with E-state index in [0.29, 0.717) is 47.1 Å². The molecule has 4 heterocycles. The first-order chi connectivity index (χ1) is 16.0. The summed E-state index contributed by atoms with van der Waals surface area (Å²) in [5.41, 5.74) is 0.679. The van der Waals surface area contributed by atoms with Gasteiger partial charge in [0.15, 0.2) is 16.5 Å². The van der Waals surface area contributed by atoms with Gasteiger partial charge in [-0.15, -0.1) is 0 Å². The molecule has 0 fully saturated rings. The summed E-state index contributed by atoms with van der Waals surface area (Å²) in [6.45, 7) is 0.694. The molecule has 10 heteroatoms. The first-order valence-corrected chi connectivity index (χ1v) is 11.0. The van der Waals surface area contributed by atoms with E-state index in [-0.39, 0.29) is 11.5 Å². The minimum Gasteiger partial charge on any atom is -0.493 e. The summed E-state index contributed by atoms with van der Waals surface area (Å²) in [4.78, 5) is 49.0. The van der Waals surface area contributed by atoms with Crippen molar-refractivity contribution in [3.63, 3.8) is 0 Å². The highest BCUT2D eigenvalue weighted by atomic mass is 32.1. The van der Waals surface area contributed by atoms with E-state index < -0.39 is 11.5 Å². The smallest absolute Gasteiger partial charge is 0.349 e. The van der Waals surface area contributed by atoms with Gasteiger partial charge in [-0.25, -0.2) is 9.78 Å². The van der Waals surface area contributed by atoms with E-state index >= 15 is 0 Å². The number of hydrogen-bond acceptors (Lipinski definition) is 8. The van der Waals surface area contributed by atoms with E-state index in [4.69, 9.17) is 9.15 Å². The molecular formula is C23H18N4O5S. The van der Waals surface area contributed by atoms with Crippen LogP contribution >= 0.6 is 11.3 Å². The summed E-state index contributed by atoms with van der Waals surface area (Å²) in [7, 11) is 1.49. The molecule has 0 unspecified atom stereocenters. The van der Waals surface area contributed by atoms with Crippen molar-refractivity contribution < 1.29 is 18.7 Å². The predicted molar refractivity (Wildman–Crippen MR) is 122 cm³/mol. The Morgan fingerprint density at radius 1 is 1.21 bits per heavy atom. The first kappa shape index (κ1) is 20.8. The number of ether oxygens (including phenoxy) is 1. The van der Waals surface area contributed by atoms with Crippen LogP contribution in [0.5, 0.6) is 5.75 Å². The number of nitrogens with one attached hydrogen (secondary N) is 1. The fourth-order valence-corrected chi connectivity index (χ4v) is 4.70. The number of aromatic nitrogens is 2. The second-order valence-corrected chi connectivity index (χ2v) is 8.44. The standard InChI is InChI=1S/C23H18N4O5S/c1-31-17-7-4-5-13-11-14(22(30)32-19(13)17)21(29)27-10-8-15-18(12-27)33-23(25-15)26-20(28)16-6-2-3-9-24-16/h2-7,9,11H,8,10,12H2,1H3,(H,25,26,28). The predicted octanol–water partition coefficient (Wildman–Crippen LogP) is 3.10. The largest absolute Gasteiger partial charge is 0.493 e. The average molecular weight is 462 g/mol. The number of fused-ring (bicyclic) bond motifs is 2. The normalized spacial score (nSPS) is 12.9. The number of carbonyl (C=O) groups excluding carboxylic acids is 2. The third-order valence-corrected chi connectivity index (χ3v) is 6.31. The van der Waals surface area contributed by atoms with E-state index in [9.17, 15) is 14.4 Å². The van der Waals surface area contributed by atoms with Crippen LogP contribution in [0.25, 0.3) is 11.0 Å². The number of rotatable bonds is 4. The lowest BCUT2D eigenvalue weighted by Crippen LogP contribution is -2.37. The number of nitrogens with zero attached hydrogens (tertiary/aromatic N) is 3. The topological polar surface area (TPSA) is 115 Å². The molecule has 166 valence electrons. The monoisotopic (exact) mass is 462 g/mol. The second kappa shape index (κ2) is 8.47. The second-order valence-electron chi connectivity index (χ2n) is 7.36. The molecule has 1 N–H and O–H groups in total. The number of anilines is 1. The molecule has 0 spiro atoms. The zero-order chi connectivity index (χ0) is 22.9. The maximum Gasteiger partial charge on any atom is 0.349 e. The van der Waals surface area contributed by atoms with E-state index in [1.165, 1.54) is 24.5 Å². The summed E-state index contributed by atoms with van der Waals surface area (Å²) in [5.74, 6) is -0.332. The van der Waals surface area contributed by atoms with Crippen LogP contribution in [0.1, 0.15) is 31.4 Å². The van der Waals surface area contributed by atoms with Crippen LogP contribution in [0.4, 0.5) is 5.13 Å². The Labute approximate surface area is 191 Å². The molecule has 33 heavy (non-hydrogen) atoms. The van der Waals surface area contributed by atoms with Gasteiger partial charge in [0.2, 0.25) is 0 Å². The zero-order valence-electron chi connectivity index (χ0n) is 17.5. The Bertz CT molecular complexity index is 1430. The van der Waals surface area contributed by atoms with Crippen molar-refractivity contribution in [1.82, 2.24) is 14.9 Å². The maximum absolute atomic E-state index is 13.1. The molecule has 0 saturated heterocycles. The van der Waals surface area contributed by atoms with Crippen molar-refractivity contribution in [2.24, 2.45) is 0 Å². The summed E-state index contributed by atoms with van der Waals surface area (Å²) in [6.07, 6.45) is 2.06. The Balaban J connectivity index is 1.36. The number of hydrogen-bond donors (Lipinski definition) is 1. The Kier molecular flexibility index (Phi) is 5.35. The van der Waals surface area contributed by atoms with Crippen LogP contribution in [-0.2, 0) is 13.0 Å². The van der Waals surface area contributed by atoms with Crippen LogP contribution in [0, 0.1) is 0 Å². The van der Waals surface area contributed by atoms with Gasteiger partial charge in [0.05, 0.1) is 19.3 Å². The van der Waals surface area contributed by atoms with Crippen LogP contribution in [0.3, 0.4) is 0 Å². The molecular weight excluding hydrogens is 444 g/mol. The van der Waals surface area contributed by atoms with Gasteiger partial charge in [-0.2, -0.15) is 0 Å². The highest BCUT2D eigenvalue weighted by Gasteiger charge is 2.28. The molecule has 0 aliphatic carbocycles. The lowest BCUT2D eigenvalue weighted by atomic mass is 10.1. The number of amides is 2. The van der Waals surface area contributed by atoms with Gasteiger partial charge in [0.25, 0.3) is 11.8 Å². The molecule has 1 aromatic carbocycles. The molecule has 1 aliphatic heterocycles. The molecule has 0 atom stereocenters. The van der Waals surface area contributed by atoms with Gasteiger partial charge in [0.1, 0.15) is 11.3 Å². The van der Waals surface area contributed by atoms with Gasteiger partial charge < -0.3 is 14.1 Å². The van der Waals surface area contributed by atoms with Crippen molar-refractivity contribution in [2.75, 3.05) is 19.0 Å². The minimum absolute atomic E-state index is 0.0348. The maximum atomic E-state index is 13.1. The van der Waals surface area contributed by atoms with Crippen LogP contribution < -0.4 is 15.7 Å². The Morgan fingerprint density at radius 3 is 2.88 bits per heavy atom. The first-order valence-electron chi connectivity index (χ1n) is 10.1. The van der Waals surface area contributed by atoms with Gasteiger partial charge in [-0.1, -0.05) is 29.5 Å². The average Bonchev–Trinajstić information content (AvgIpc) is 3.24. The molecule has 2 amide bonds. The summed E-state index contributed by atoms with van der Waals surface area (Å²) in [6, 6.07) is 11.8. The highest BCUT2D eigenvalue weighted by molar-refractivity contribution is 7.15. The summed E-state index contributed by atoms with van der Waals surface area (Å²) >= 11 is 1.30. The molecule has 9 nitrogen and oxygen atoms in total. The van der Waals surface area contributed by atoms with E-state index in [0.717, 1.165) is 10.6 Å². The van der Waals surface area contributed by atoms with E-state index in [1.807, 2.05) is 0 Å². The minimum atomic E-state index is -0.713. The molecule has 5 rings (SSSR count). The van der Waals surface area contributed by atoms with Gasteiger partial charge in [-0.05, 0) is 24.3 Å². The number of pyridine rings is 1. The van der Waals surface area contributed by atoms with Crippen LogP contribution in [-0.4, -0.2) is 40.3 Å². The molecule has 0 radical (unpaired) electrons. The molecule has 3 aromatic heterocycles.